The summed E-state index contributed by atoms with van der Waals surface area (Å²) >= 11 is 0. The van der Waals surface area contributed by atoms with E-state index in [1.54, 1.807) is 19.1 Å². The van der Waals surface area contributed by atoms with E-state index in [0.29, 0.717) is 25.7 Å². The number of aliphatic hydroxyl groups excluding tert-OH is 3. The first-order chi connectivity index (χ1) is 25.5. The minimum Gasteiger partial charge on any atom is -0.508 e. The Morgan fingerprint density at radius 1 is 1.02 bits per heavy atom. The predicted octanol–water partition coefficient (Wildman–Crippen LogP) is 7.07. The number of aromatic hydroxyl groups is 1. The van der Waals surface area contributed by atoms with Crippen LogP contribution >= 0.6 is 0 Å². The molecule has 2 aromatic rings. The highest BCUT2D eigenvalue weighted by molar-refractivity contribution is 5.66. The van der Waals surface area contributed by atoms with Crippen molar-refractivity contribution in [2.75, 3.05) is 13.2 Å². The number of carboxylic acid groups (broad SMARTS) is 1. The lowest BCUT2D eigenvalue weighted by molar-refractivity contribution is -0.137. The standard InChI is InChI=1S/C45H63NO7/c1-4-6-8-15-37(48)23-19-32-17-18-34-14-11-13-31(5-2)43(34)35-22-26-41(33-20-24-38(49)25-21-33)45(3,53)30-46-44(40(32)28-39(50)29-47)36(27-35)12-9-7-10-16-42(51)52/h11,13-14,19-21,23-25,35-37,39,41,44,46-50,53H,4-10,12,15-18,27-30H2,1-3H3,(H,51,52). The zero-order chi connectivity index (χ0) is 38.4. The van der Waals surface area contributed by atoms with Gasteiger partial charge in [-0.2, -0.15) is 0 Å². The van der Waals surface area contributed by atoms with E-state index in [1.807, 2.05) is 24.3 Å². The third-order valence-corrected chi connectivity index (χ3v) is 11.2. The number of phenols is 1. The van der Waals surface area contributed by atoms with Crippen molar-refractivity contribution in [3.05, 3.63) is 88.0 Å². The average molecular weight is 730 g/mol. The molecular formula is C45H63NO7. The number of hydrogen-bond donors (Lipinski definition) is 7. The van der Waals surface area contributed by atoms with E-state index in [1.165, 1.54) is 16.7 Å². The molecule has 8 heteroatoms. The van der Waals surface area contributed by atoms with Crippen molar-refractivity contribution in [1.82, 2.24) is 5.32 Å². The molecular weight excluding hydrogens is 666 g/mol. The highest BCUT2D eigenvalue weighted by Gasteiger charge is 2.38. The van der Waals surface area contributed by atoms with E-state index >= 15 is 0 Å². The van der Waals surface area contributed by atoms with E-state index in [9.17, 15) is 35.4 Å². The molecule has 0 radical (unpaired) electrons. The van der Waals surface area contributed by atoms with Crippen LogP contribution in [0.5, 0.6) is 5.75 Å². The molecule has 0 aromatic heterocycles. The molecule has 0 saturated heterocycles. The fourth-order valence-corrected chi connectivity index (χ4v) is 8.24. The van der Waals surface area contributed by atoms with Crippen molar-refractivity contribution < 1.29 is 35.4 Å². The van der Waals surface area contributed by atoms with Crippen LogP contribution < -0.4 is 5.32 Å². The van der Waals surface area contributed by atoms with Crippen LogP contribution in [-0.2, 0) is 17.6 Å². The van der Waals surface area contributed by atoms with Crippen LogP contribution in [0.3, 0.4) is 0 Å². The van der Waals surface area contributed by atoms with E-state index in [-0.39, 0.29) is 43.0 Å². The topological polar surface area (TPSA) is 150 Å². The lowest BCUT2D eigenvalue weighted by Gasteiger charge is -2.40. The van der Waals surface area contributed by atoms with Gasteiger partial charge in [-0.15, -0.1) is 0 Å². The van der Waals surface area contributed by atoms with Gasteiger partial charge in [0, 0.05) is 24.9 Å². The minimum absolute atomic E-state index is 0.00483. The Bertz CT molecular complexity index is 1580. The molecule has 7 atom stereocenters. The molecule has 0 saturated carbocycles. The number of phenolic OH excluding ortho intramolecular Hbond substituents is 1. The minimum atomic E-state index is -1.33. The highest BCUT2D eigenvalue weighted by Crippen LogP contribution is 2.41. The van der Waals surface area contributed by atoms with Gasteiger partial charge in [0.25, 0.3) is 0 Å². The molecule has 0 fully saturated rings. The monoisotopic (exact) mass is 729 g/mol. The molecule has 7 unspecified atom stereocenters. The number of aryl methyl sites for hydroxylation is 2. The number of allylic oxidation sites excluding steroid dienone is 2. The Morgan fingerprint density at radius 3 is 2.49 bits per heavy atom. The fourth-order valence-electron chi connectivity index (χ4n) is 8.24. The van der Waals surface area contributed by atoms with Gasteiger partial charge in [0.1, 0.15) is 5.75 Å². The summed E-state index contributed by atoms with van der Waals surface area (Å²) in [6.45, 7) is 5.88. The zero-order valence-corrected chi connectivity index (χ0v) is 32.1. The summed E-state index contributed by atoms with van der Waals surface area (Å²) in [4.78, 5) is 11.3. The molecule has 2 bridgehead atoms. The molecule has 2 aliphatic rings. The summed E-state index contributed by atoms with van der Waals surface area (Å²) in [6.07, 6.45) is 12.2. The van der Waals surface area contributed by atoms with E-state index in [0.717, 1.165) is 68.1 Å². The molecule has 0 spiro atoms. The van der Waals surface area contributed by atoms with Gasteiger partial charge < -0.3 is 36.0 Å². The van der Waals surface area contributed by atoms with Crippen molar-refractivity contribution >= 4 is 5.97 Å². The van der Waals surface area contributed by atoms with E-state index < -0.39 is 36.3 Å². The largest absolute Gasteiger partial charge is 0.508 e. The van der Waals surface area contributed by atoms with Crippen molar-refractivity contribution in [1.29, 1.82) is 0 Å². The Balaban J connectivity index is 1.96. The second-order valence-corrected chi connectivity index (χ2v) is 15.4. The third kappa shape index (κ3) is 12.3. The maximum absolute atomic E-state index is 12.3. The van der Waals surface area contributed by atoms with Crippen LogP contribution in [0.15, 0.2) is 65.8 Å². The Morgan fingerprint density at radius 2 is 1.79 bits per heavy atom. The van der Waals surface area contributed by atoms with Crippen molar-refractivity contribution in [2.24, 2.45) is 5.92 Å². The van der Waals surface area contributed by atoms with Gasteiger partial charge >= 0.3 is 5.97 Å². The second kappa shape index (κ2) is 20.9. The van der Waals surface area contributed by atoms with Crippen LogP contribution in [-0.4, -0.2) is 73.6 Å². The fraction of sp³-hybridized carbons (Fsp3) is 0.578. The maximum Gasteiger partial charge on any atom is 0.303 e. The lowest BCUT2D eigenvalue weighted by Crippen LogP contribution is -2.50. The molecule has 290 valence electrons. The Labute approximate surface area is 317 Å². The summed E-state index contributed by atoms with van der Waals surface area (Å²) in [6, 6.07) is 13.0. The van der Waals surface area contributed by atoms with Crippen LogP contribution in [0.25, 0.3) is 0 Å². The first-order valence-corrected chi connectivity index (χ1v) is 19.9. The molecule has 1 aliphatic heterocycles. The molecule has 0 amide bonds. The summed E-state index contributed by atoms with van der Waals surface area (Å²) < 4.78 is 0. The number of aliphatic hydroxyl groups is 4. The van der Waals surface area contributed by atoms with Crippen LogP contribution in [0, 0.1) is 17.8 Å². The number of aliphatic carboxylic acids is 1. The number of carboxylic acids is 1. The van der Waals surface area contributed by atoms with Gasteiger partial charge in [0.05, 0.1) is 30.3 Å². The first-order valence-electron chi connectivity index (χ1n) is 19.9. The van der Waals surface area contributed by atoms with Gasteiger partial charge in [0.15, 0.2) is 0 Å². The SMILES string of the molecule is CCCCCC(O)C=CC1=C(CC(O)CO)C2NCC(C)(O)C(c3ccc(O)cc3)C#CC(CC2CCCCCC(=O)O)c2c(CC)cccc2CC1. The maximum atomic E-state index is 12.3. The molecule has 1 aliphatic carbocycles. The average Bonchev–Trinajstić information content (AvgIpc) is 3.13. The van der Waals surface area contributed by atoms with Crippen molar-refractivity contribution in [3.8, 4) is 17.6 Å². The molecule has 7 N–H and O–H groups in total. The summed E-state index contributed by atoms with van der Waals surface area (Å²) in [7, 11) is 0. The predicted molar refractivity (Wildman–Crippen MR) is 211 cm³/mol. The van der Waals surface area contributed by atoms with Crippen LogP contribution in [0.1, 0.15) is 132 Å². The zero-order valence-electron chi connectivity index (χ0n) is 32.1. The van der Waals surface area contributed by atoms with Crippen LogP contribution in [0.2, 0.25) is 0 Å². The smallest absolute Gasteiger partial charge is 0.303 e. The van der Waals surface area contributed by atoms with Gasteiger partial charge in [-0.3, -0.25) is 4.79 Å². The van der Waals surface area contributed by atoms with Gasteiger partial charge in [-0.05, 0) is 110 Å². The molecule has 8 nitrogen and oxygen atoms in total. The Hall–Kier alpha value is -3.45. The summed E-state index contributed by atoms with van der Waals surface area (Å²) in [5, 5.41) is 67.7. The lowest BCUT2D eigenvalue weighted by atomic mass is 9.72. The number of fused-ring (bicyclic) bond motifs is 5. The van der Waals surface area contributed by atoms with E-state index in [4.69, 9.17) is 0 Å². The normalized spacial score (nSPS) is 24.7. The number of benzene rings is 2. The molecule has 1 heterocycles. The quantitative estimate of drug-likeness (QED) is 0.0675. The van der Waals surface area contributed by atoms with Gasteiger partial charge in [-0.25, -0.2) is 0 Å². The number of β-amino-alcohol motifs (C(OH)–C–C–N with tert-alkyl or cyclic N) is 1. The second-order valence-electron chi connectivity index (χ2n) is 15.4. The van der Waals surface area contributed by atoms with Crippen LogP contribution in [0.4, 0.5) is 0 Å². The number of rotatable bonds is 17. The summed E-state index contributed by atoms with van der Waals surface area (Å²) in [5.74, 6) is 5.83. The van der Waals surface area contributed by atoms with Crippen molar-refractivity contribution in [2.45, 2.75) is 146 Å². The van der Waals surface area contributed by atoms with Crippen molar-refractivity contribution in [3.63, 3.8) is 0 Å². The van der Waals surface area contributed by atoms with Gasteiger partial charge in [0.2, 0.25) is 0 Å². The number of hydrogen-bond acceptors (Lipinski definition) is 7. The molecule has 4 rings (SSSR count). The highest BCUT2D eigenvalue weighted by atomic mass is 16.4. The van der Waals surface area contributed by atoms with E-state index in [2.05, 4.69) is 49.2 Å². The summed E-state index contributed by atoms with van der Waals surface area (Å²) in [5.41, 5.74) is 5.10. The Kier molecular flexibility index (Phi) is 16.6. The molecule has 53 heavy (non-hydrogen) atoms. The number of unbranched alkanes of at least 4 members (excludes halogenated alkanes) is 4. The first kappa shape index (κ1) is 42.3. The third-order valence-electron chi connectivity index (χ3n) is 11.2. The van der Waals surface area contributed by atoms with Gasteiger partial charge in [-0.1, -0.05) is 100 Å². The number of nitrogens with one attached hydrogen (secondary N) is 1. The number of carbonyl (C=O) groups is 1. The molecule has 2 aromatic carbocycles.